The summed E-state index contributed by atoms with van der Waals surface area (Å²) in [6, 6.07) is 70.9. The third kappa shape index (κ3) is 4.60. The summed E-state index contributed by atoms with van der Waals surface area (Å²) in [6.07, 6.45) is 0. The van der Waals surface area contributed by atoms with Gasteiger partial charge in [0.05, 0.1) is 43.7 Å². The van der Waals surface area contributed by atoms with Gasteiger partial charge in [0, 0.05) is 74.0 Å². The Balaban J connectivity index is 1.02. The van der Waals surface area contributed by atoms with Crippen LogP contribution in [0.2, 0.25) is 0 Å². The molecule has 0 saturated heterocycles. The van der Waals surface area contributed by atoms with Gasteiger partial charge in [0.25, 0.3) is 0 Å². The van der Waals surface area contributed by atoms with E-state index in [-0.39, 0.29) is 0 Å². The third-order valence-corrected chi connectivity index (χ3v) is 15.8. The Labute approximate surface area is 373 Å². The van der Waals surface area contributed by atoms with Gasteiger partial charge in [-0.3, -0.25) is 0 Å². The van der Waals surface area contributed by atoms with Crippen molar-refractivity contribution in [2.24, 2.45) is 0 Å². The lowest BCUT2D eigenvalue weighted by Crippen LogP contribution is -1.99. The number of hydrogen-bond acceptors (Lipinski definition) is 4. The minimum Gasteiger partial charge on any atom is -0.309 e. The molecule has 15 aromatic rings. The predicted octanol–water partition coefficient (Wildman–Crippen LogP) is 16.5. The molecule has 0 aliphatic carbocycles. The Morgan fingerprint density at radius 3 is 1.72 bits per heavy atom. The molecule has 0 spiro atoms. The van der Waals surface area contributed by atoms with Gasteiger partial charge in [0.15, 0.2) is 5.82 Å². The molecular formula is C58H32N4S2. The van der Waals surface area contributed by atoms with Crippen molar-refractivity contribution in [2.45, 2.75) is 0 Å². The zero-order chi connectivity index (χ0) is 41.6. The van der Waals surface area contributed by atoms with Crippen LogP contribution in [0.25, 0.3) is 140 Å². The number of aromatic nitrogens is 4. The SMILES string of the molecule is c1ccc(-n2c3ccccc3c3c(-c4nc(-c5ccc(-n6c7ccc8cccc9sc%10cccc%11ccc6c(c%11%10)c7c89)c6ccccc56)nc5c4sc4ccccc45)cccc32)cc1. The van der Waals surface area contributed by atoms with Gasteiger partial charge < -0.3 is 9.13 Å². The van der Waals surface area contributed by atoms with E-state index in [0.29, 0.717) is 0 Å². The average molecular weight is 849 g/mol. The van der Waals surface area contributed by atoms with Crippen molar-refractivity contribution in [1.82, 2.24) is 19.1 Å². The van der Waals surface area contributed by atoms with E-state index in [1.807, 2.05) is 11.3 Å². The normalized spacial score (nSPS) is 12.4. The van der Waals surface area contributed by atoms with Gasteiger partial charge in [-0.15, -0.1) is 22.7 Å². The number of rotatable bonds is 4. The van der Waals surface area contributed by atoms with Gasteiger partial charge in [-0.05, 0) is 82.9 Å². The third-order valence-electron chi connectivity index (χ3n) is 13.5. The van der Waals surface area contributed by atoms with Crippen LogP contribution in [0.4, 0.5) is 0 Å². The van der Waals surface area contributed by atoms with Crippen LogP contribution >= 0.6 is 22.7 Å². The monoisotopic (exact) mass is 848 g/mol. The highest BCUT2D eigenvalue weighted by atomic mass is 32.1. The van der Waals surface area contributed by atoms with E-state index >= 15 is 0 Å². The van der Waals surface area contributed by atoms with Gasteiger partial charge in [0.1, 0.15) is 0 Å². The zero-order valence-electron chi connectivity index (χ0n) is 34.1. The fraction of sp³-hybridized carbons (Fsp3) is 0. The van der Waals surface area contributed by atoms with Crippen molar-refractivity contribution in [3.8, 4) is 34.0 Å². The highest BCUT2D eigenvalue weighted by molar-refractivity contribution is 7.26. The van der Waals surface area contributed by atoms with Crippen molar-refractivity contribution >= 4 is 128 Å². The quantitative estimate of drug-likeness (QED) is 0.177. The van der Waals surface area contributed by atoms with E-state index in [4.69, 9.17) is 9.97 Å². The summed E-state index contributed by atoms with van der Waals surface area (Å²) in [6.45, 7) is 0. The summed E-state index contributed by atoms with van der Waals surface area (Å²) < 4.78 is 9.79. The van der Waals surface area contributed by atoms with Crippen molar-refractivity contribution in [1.29, 1.82) is 0 Å². The molecule has 0 aliphatic rings. The molecule has 4 nitrogen and oxygen atoms in total. The molecule has 296 valence electrons. The largest absolute Gasteiger partial charge is 0.309 e. The first kappa shape index (κ1) is 34.7. The van der Waals surface area contributed by atoms with Crippen LogP contribution in [0, 0.1) is 0 Å². The Morgan fingerprint density at radius 2 is 0.953 bits per heavy atom. The smallest absolute Gasteiger partial charge is 0.161 e. The average Bonchev–Trinajstić information content (AvgIpc) is 3.98. The summed E-state index contributed by atoms with van der Waals surface area (Å²) in [4.78, 5) is 11.2. The van der Waals surface area contributed by atoms with Crippen molar-refractivity contribution in [2.75, 3.05) is 0 Å². The number of thiophene rings is 1. The lowest BCUT2D eigenvalue weighted by atomic mass is 10.00. The summed E-state index contributed by atoms with van der Waals surface area (Å²) in [5.41, 5.74) is 11.1. The van der Waals surface area contributed by atoms with Crippen LogP contribution in [0.5, 0.6) is 0 Å². The number of para-hydroxylation sites is 2. The molecule has 0 saturated carbocycles. The number of fused-ring (bicyclic) bond motifs is 7. The van der Waals surface area contributed by atoms with Crippen LogP contribution in [0.15, 0.2) is 194 Å². The summed E-state index contributed by atoms with van der Waals surface area (Å²) in [5, 5.41) is 13.7. The van der Waals surface area contributed by atoms with Gasteiger partial charge in [-0.2, -0.15) is 0 Å². The van der Waals surface area contributed by atoms with Gasteiger partial charge in [-0.25, -0.2) is 9.97 Å². The van der Waals surface area contributed by atoms with E-state index in [0.717, 1.165) is 65.9 Å². The Morgan fingerprint density at radius 1 is 0.344 bits per heavy atom. The van der Waals surface area contributed by atoms with Crippen LogP contribution in [0.3, 0.4) is 0 Å². The van der Waals surface area contributed by atoms with Crippen LogP contribution in [-0.2, 0) is 0 Å². The van der Waals surface area contributed by atoms with E-state index in [9.17, 15) is 0 Å². The van der Waals surface area contributed by atoms with E-state index in [1.165, 1.54) is 73.7 Å². The summed E-state index contributed by atoms with van der Waals surface area (Å²) >= 11 is 3.67. The number of nitrogens with zero attached hydrogens (tertiary/aromatic N) is 4. The number of hydrogen-bond donors (Lipinski definition) is 0. The van der Waals surface area contributed by atoms with Crippen LogP contribution < -0.4 is 0 Å². The Bertz CT molecular complexity index is 4330. The van der Waals surface area contributed by atoms with Crippen LogP contribution in [-0.4, -0.2) is 19.1 Å². The fourth-order valence-corrected chi connectivity index (χ4v) is 13.2. The van der Waals surface area contributed by atoms with E-state index in [1.54, 1.807) is 11.3 Å². The molecule has 0 fully saturated rings. The lowest BCUT2D eigenvalue weighted by molar-refractivity contribution is 1.18. The summed E-state index contributed by atoms with van der Waals surface area (Å²) in [5.74, 6) is 0.720. The Kier molecular flexibility index (Phi) is 6.95. The Hall–Kier alpha value is -7.90. The molecule has 6 heteroatoms. The first-order valence-corrected chi connectivity index (χ1v) is 23.3. The highest BCUT2D eigenvalue weighted by Crippen LogP contribution is 2.48. The molecule has 15 rings (SSSR count). The number of benzene rings is 10. The second-order valence-electron chi connectivity index (χ2n) is 16.8. The second kappa shape index (κ2) is 12.8. The zero-order valence-corrected chi connectivity index (χ0v) is 35.7. The van der Waals surface area contributed by atoms with Crippen molar-refractivity contribution in [3.05, 3.63) is 194 Å². The topological polar surface area (TPSA) is 35.6 Å². The molecular weight excluding hydrogens is 817 g/mol. The molecule has 0 unspecified atom stereocenters. The fourth-order valence-electron chi connectivity index (χ4n) is 10.9. The molecule has 10 aromatic carbocycles. The van der Waals surface area contributed by atoms with E-state index < -0.39 is 0 Å². The first-order valence-electron chi connectivity index (χ1n) is 21.7. The molecule has 5 aromatic heterocycles. The second-order valence-corrected chi connectivity index (χ2v) is 18.9. The maximum Gasteiger partial charge on any atom is 0.161 e. The highest BCUT2D eigenvalue weighted by Gasteiger charge is 2.25. The van der Waals surface area contributed by atoms with Gasteiger partial charge >= 0.3 is 0 Å². The molecule has 5 heterocycles. The lowest BCUT2D eigenvalue weighted by Gasteiger charge is -2.15. The minimum atomic E-state index is 0.720. The van der Waals surface area contributed by atoms with Crippen molar-refractivity contribution < 1.29 is 0 Å². The molecule has 0 bridgehead atoms. The summed E-state index contributed by atoms with van der Waals surface area (Å²) in [7, 11) is 0. The molecule has 0 amide bonds. The molecule has 0 radical (unpaired) electrons. The standard InChI is InChI=1S/C58H32N4S2/c1-2-15-35(16-3-1)61-42-22-8-6-19-39(42)52-41(21-12-23-44(52)61)56-57-55(40-20-7-9-24-47(40)64-57)59-58(60-56)38-29-32-43(37-18-5-4-17-36(37)38)62-45-30-27-33-13-10-25-48-50(33)53(45)54-46(62)31-28-34-14-11-26-49(63-48)51(34)54/h1-32H. The van der Waals surface area contributed by atoms with Gasteiger partial charge in [-0.1, -0.05) is 127 Å². The molecule has 0 aliphatic heterocycles. The van der Waals surface area contributed by atoms with E-state index in [2.05, 4.69) is 203 Å². The van der Waals surface area contributed by atoms with Crippen molar-refractivity contribution in [3.63, 3.8) is 0 Å². The maximum atomic E-state index is 5.68. The molecule has 0 atom stereocenters. The first-order chi connectivity index (χ1) is 31.8. The maximum absolute atomic E-state index is 5.68. The minimum absolute atomic E-state index is 0.720. The molecule has 0 N–H and O–H groups in total. The van der Waals surface area contributed by atoms with Crippen LogP contribution in [0.1, 0.15) is 0 Å². The predicted molar refractivity (Wildman–Crippen MR) is 274 cm³/mol. The molecule has 64 heavy (non-hydrogen) atoms. The van der Waals surface area contributed by atoms with Gasteiger partial charge in [0.2, 0.25) is 0 Å².